The van der Waals surface area contributed by atoms with Crippen molar-refractivity contribution in [2.24, 2.45) is 5.73 Å². The summed E-state index contributed by atoms with van der Waals surface area (Å²) in [7, 11) is 0. The van der Waals surface area contributed by atoms with Crippen molar-refractivity contribution < 1.29 is 13.9 Å². The number of nitrogens with two attached hydrogens (primary N) is 1. The van der Waals surface area contributed by atoms with Crippen molar-refractivity contribution >= 4 is 0 Å². The lowest BCUT2D eigenvalue weighted by Gasteiger charge is -2.33. The average molecular weight is 293 g/mol. The predicted molar refractivity (Wildman–Crippen MR) is 79.7 cm³/mol. The minimum Gasteiger partial charge on any atom is -0.491 e. The Labute approximate surface area is 125 Å². The molecule has 0 bridgehead atoms. The van der Waals surface area contributed by atoms with E-state index in [0.717, 1.165) is 12.8 Å². The zero-order valence-corrected chi connectivity index (χ0v) is 12.4. The molecule has 2 aliphatic rings. The van der Waals surface area contributed by atoms with Crippen LogP contribution in [0.5, 0.6) is 5.75 Å². The molecule has 1 unspecified atom stereocenters. The van der Waals surface area contributed by atoms with Crippen molar-refractivity contribution in [1.82, 2.24) is 0 Å². The molecule has 1 saturated heterocycles. The molecule has 1 aliphatic heterocycles. The van der Waals surface area contributed by atoms with Crippen LogP contribution in [0.3, 0.4) is 0 Å². The number of benzene rings is 1. The molecule has 21 heavy (non-hydrogen) atoms. The van der Waals surface area contributed by atoms with Crippen LogP contribution in [0, 0.1) is 5.82 Å². The van der Waals surface area contributed by atoms with Gasteiger partial charge in [0.25, 0.3) is 0 Å². The molecule has 0 amide bonds. The van der Waals surface area contributed by atoms with Gasteiger partial charge in [0, 0.05) is 12.1 Å². The lowest BCUT2D eigenvalue weighted by atomic mass is 9.83. The van der Waals surface area contributed by atoms with Gasteiger partial charge in [0.1, 0.15) is 18.2 Å². The molecular weight excluding hydrogens is 269 g/mol. The summed E-state index contributed by atoms with van der Waals surface area (Å²) < 4.78 is 25.3. The Kier molecular flexibility index (Phi) is 4.45. The maximum Gasteiger partial charge on any atom is 0.124 e. The van der Waals surface area contributed by atoms with Gasteiger partial charge in [0.2, 0.25) is 0 Å². The Bertz CT molecular complexity index is 486. The van der Waals surface area contributed by atoms with E-state index in [-0.39, 0.29) is 24.1 Å². The standard InChI is InChI=1S/C17H24FNO2/c18-14-4-5-16(13(10-14)11-19)20-12-15-6-9-17(21-15)7-2-1-3-8-17/h4-5,10,15H,1-3,6-9,11-12,19H2. The van der Waals surface area contributed by atoms with Gasteiger partial charge in [-0.05, 0) is 43.9 Å². The molecule has 1 saturated carbocycles. The fraction of sp³-hybridized carbons (Fsp3) is 0.647. The van der Waals surface area contributed by atoms with Crippen molar-refractivity contribution in [3.63, 3.8) is 0 Å². The van der Waals surface area contributed by atoms with Crippen LogP contribution in [-0.4, -0.2) is 18.3 Å². The van der Waals surface area contributed by atoms with Crippen LogP contribution in [0.15, 0.2) is 18.2 Å². The van der Waals surface area contributed by atoms with E-state index < -0.39 is 0 Å². The smallest absolute Gasteiger partial charge is 0.124 e. The van der Waals surface area contributed by atoms with Gasteiger partial charge in [0.05, 0.1) is 11.7 Å². The van der Waals surface area contributed by atoms with Crippen LogP contribution in [0.25, 0.3) is 0 Å². The first kappa shape index (κ1) is 14.8. The van der Waals surface area contributed by atoms with Gasteiger partial charge in [-0.3, -0.25) is 0 Å². The van der Waals surface area contributed by atoms with Crippen LogP contribution >= 0.6 is 0 Å². The highest BCUT2D eigenvalue weighted by atomic mass is 19.1. The molecule has 1 aliphatic carbocycles. The normalized spacial score (nSPS) is 24.4. The highest BCUT2D eigenvalue weighted by Gasteiger charge is 2.40. The van der Waals surface area contributed by atoms with E-state index in [4.69, 9.17) is 15.2 Å². The molecule has 0 aromatic heterocycles. The zero-order chi connectivity index (χ0) is 14.7. The van der Waals surface area contributed by atoms with Gasteiger partial charge in [-0.1, -0.05) is 19.3 Å². The highest BCUT2D eigenvalue weighted by Crippen LogP contribution is 2.42. The molecule has 1 heterocycles. The molecule has 3 rings (SSSR count). The average Bonchev–Trinajstić information content (AvgIpc) is 2.89. The van der Waals surface area contributed by atoms with Gasteiger partial charge in [0.15, 0.2) is 0 Å². The summed E-state index contributed by atoms with van der Waals surface area (Å²) in [6.07, 6.45) is 8.63. The van der Waals surface area contributed by atoms with Crippen molar-refractivity contribution in [2.75, 3.05) is 6.61 Å². The van der Waals surface area contributed by atoms with E-state index >= 15 is 0 Å². The van der Waals surface area contributed by atoms with Crippen LogP contribution in [0.1, 0.15) is 50.5 Å². The number of hydrogen-bond acceptors (Lipinski definition) is 3. The molecular formula is C17H24FNO2. The molecule has 1 aromatic carbocycles. The summed E-state index contributed by atoms with van der Waals surface area (Å²) in [6, 6.07) is 4.50. The summed E-state index contributed by atoms with van der Waals surface area (Å²) in [4.78, 5) is 0. The molecule has 1 atom stereocenters. The van der Waals surface area contributed by atoms with Crippen LogP contribution in [-0.2, 0) is 11.3 Å². The van der Waals surface area contributed by atoms with Crippen molar-refractivity contribution in [1.29, 1.82) is 0 Å². The monoisotopic (exact) mass is 293 g/mol. The van der Waals surface area contributed by atoms with Gasteiger partial charge in [-0.15, -0.1) is 0 Å². The van der Waals surface area contributed by atoms with E-state index in [2.05, 4.69) is 0 Å². The van der Waals surface area contributed by atoms with E-state index in [1.54, 1.807) is 6.07 Å². The molecule has 2 fully saturated rings. The number of ether oxygens (including phenoxy) is 2. The zero-order valence-electron chi connectivity index (χ0n) is 12.4. The Morgan fingerprint density at radius 1 is 1.24 bits per heavy atom. The van der Waals surface area contributed by atoms with Gasteiger partial charge in [-0.2, -0.15) is 0 Å². The fourth-order valence-corrected chi connectivity index (χ4v) is 3.61. The third kappa shape index (κ3) is 3.38. The van der Waals surface area contributed by atoms with E-state index in [0.29, 0.717) is 17.9 Å². The second-order valence-corrected chi connectivity index (χ2v) is 6.29. The van der Waals surface area contributed by atoms with Crippen molar-refractivity contribution in [3.05, 3.63) is 29.6 Å². The third-order valence-corrected chi connectivity index (χ3v) is 4.77. The molecule has 1 aromatic rings. The minimum atomic E-state index is -0.277. The van der Waals surface area contributed by atoms with E-state index in [1.807, 2.05) is 0 Å². The van der Waals surface area contributed by atoms with Crippen LogP contribution in [0.4, 0.5) is 4.39 Å². The van der Waals surface area contributed by atoms with Crippen molar-refractivity contribution in [2.45, 2.75) is 63.2 Å². The van der Waals surface area contributed by atoms with Gasteiger partial charge < -0.3 is 15.2 Å². The van der Waals surface area contributed by atoms with Gasteiger partial charge in [-0.25, -0.2) is 4.39 Å². The highest BCUT2D eigenvalue weighted by molar-refractivity contribution is 5.33. The van der Waals surface area contributed by atoms with Crippen LogP contribution < -0.4 is 10.5 Å². The Morgan fingerprint density at radius 3 is 2.81 bits per heavy atom. The second-order valence-electron chi connectivity index (χ2n) is 6.29. The Morgan fingerprint density at radius 2 is 2.05 bits per heavy atom. The molecule has 4 heteroatoms. The summed E-state index contributed by atoms with van der Waals surface area (Å²) in [5, 5.41) is 0. The predicted octanol–water partition coefficient (Wildman–Crippen LogP) is 3.55. The summed E-state index contributed by atoms with van der Waals surface area (Å²) in [5.41, 5.74) is 6.46. The minimum absolute atomic E-state index is 0.117. The first-order valence-corrected chi connectivity index (χ1v) is 8.00. The maximum absolute atomic E-state index is 13.2. The van der Waals surface area contributed by atoms with Crippen molar-refractivity contribution in [3.8, 4) is 5.75 Å². The number of hydrogen-bond donors (Lipinski definition) is 1. The summed E-state index contributed by atoms with van der Waals surface area (Å²) >= 11 is 0. The Hall–Kier alpha value is -1.13. The molecule has 0 radical (unpaired) electrons. The third-order valence-electron chi connectivity index (χ3n) is 4.77. The Balaban J connectivity index is 1.56. The molecule has 3 nitrogen and oxygen atoms in total. The lowest BCUT2D eigenvalue weighted by molar-refractivity contribution is -0.0749. The quantitative estimate of drug-likeness (QED) is 0.923. The molecule has 2 N–H and O–H groups in total. The fourth-order valence-electron chi connectivity index (χ4n) is 3.61. The second kappa shape index (κ2) is 6.32. The molecule has 116 valence electrons. The number of rotatable bonds is 4. The van der Waals surface area contributed by atoms with E-state index in [9.17, 15) is 4.39 Å². The SMILES string of the molecule is NCc1cc(F)ccc1OCC1CCC2(CCCCC2)O1. The molecule has 1 spiro atoms. The maximum atomic E-state index is 13.2. The van der Waals surface area contributed by atoms with Gasteiger partial charge >= 0.3 is 0 Å². The van der Waals surface area contributed by atoms with E-state index in [1.165, 1.54) is 44.2 Å². The number of halogens is 1. The largest absolute Gasteiger partial charge is 0.491 e. The summed E-state index contributed by atoms with van der Waals surface area (Å²) in [6.45, 7) is 0.808. The first-order valence-electron chi connectivity index (χ1n) is 8.00. The lowest BCUT2D eigenvalue weighted by Crippen LogP contribution is -2.33. The summed E-state index contributed by atoms with van der Waals surface area (Å²) in [5.74, 6) is 0.396. The van der Waals surface area contributed by atoms with Crippen LogP contribution in [0.2, 0.25) is 0 Å². The topological polar surface area (TPSA) is 44.5 Å². The first-order chi connectivity index (χ1) is 10.2.